The van der Waals surface area contributed by atoms with Gasteiger partial charge in [-0.2, -0.15) is 0 Å². The Hall–Kier alpha value is -3.79. The van der Waals surface area contributed by atoms with Crippen LogP contribution in [0.2, 0.25) is 0 Å². The molecule has 7 nitrogen and oxygen atoms in total. The Balaban J connectivity index is 1.60. The SMILES string of the molecule is CC(=O)Nc1ccc(N2CCN(C(=O)c3cc(S(C)(=O)=O)ccc3-c3ccc(F)cc3)C(F)C2)cc1. The number of carbonyl (C=O) groups is 2. The van der Waals surface area contributed by atoms with Crippen LogP contribution in [0.25, 0.3) is 11.1 Å². The molecule has 0 saturated carbocycles. The van der Waals surface area contributed by atoms with Crippen molar-refractivity contribution >= 4 is 33.0 Å². The fraction of sp³-hybridized carbons (Fsp3) is 0.231. The van der Waals surface area contributed by atoms with Gasteiger partial charge in [-0.05, 0) is 59.7 Å². The fourth-order valence-corrected chi connectivity index (χ4v) is 4.78. The fourth-order valence-electron chi connectivity index (χ4n) is 4.13. The quantitative estimate of drug-likeness (QED) is 0.519. The molecule has 10 heteroatoms. The Morgan fingerprint density at radius 2 is 1.64 bits per heavy atom. The smallest absolute Gasteiger partial charge is 0.256 e. The lowest BCUT2D eigenvalue weighted by atomic mass is 9.98. The molecule has 0 aliphatic carbocycles. The highest BCUT2D eigenvalue weighted by Gasteiger charge is 2.32. The van der Waals surface area contributed by atoms with Crippen molar-refractivity contribution in [2.45, 2.75) is 18.1 Å². The molecule has 1 N–H and O–H groups in total. The number of rotatable bonds is 5. The van der Waals surface area contributed by atoms with E-state index in [2.05, 4.69) is 5.32 Å². The number of hydrogen-bond donors (Lipinski definition) is 1. The van der Waals surface area contributed by atoms with E-state index < -0.39 is 27.9 Å². The maximum absolute atomic E-state index is 15.3. The number of amides is 2. The third kappa shape index (κ3) is 5.54. The summed E-state index contributed by atoms with van der Waals surface area (Å²) < 4.78 is 53.1. The highest BCUT2D eigenvalue weighted by molar-refractivity contribution is 7.90. The van der Waals surface area contributed by atoms with Crippen LogP contribution < -0.4 is 10.2 Å². The Bertz CT molecular complexity index is 1390. The minimum Gasteiger partial charge on any atom is -0.365 e. The minimum atomic E-state index is -3.62. The third-order valence-corrected chi connectivity index (χ3v) is 7.05. The highest BCUT2D eigenvalue weighted by Crippen LogP contribution is 2.30. The first-order valence-corrected chi connectivity index (χ1v) is 13.1. The number of alkyl halides is 1. The number of benzene rings is 3. The summed E-state index contributed by atoms with van der Waals surface area (Å²) in [5.41, 5.74) is 2.28. The van der Waals surface area contributed by atoms with E-state index in [0.717, 1.165) is 16.8 Å². The Morgan fingerprint density at radius 1 is 0.972 bits per heavy atom. The van der Waals surface area contributed by atoms with Gasteiger partial charge < -0.3 is 15.1 Å². The largest absolute Gasteiger partial charge is 0.365 e. The second-order valence-corrected chi connectivity index (χ2v) is 10.6. The average molecular weight is 514 g/mol. The van der Waals surface area contributed by atoms with Crippen LogP contribution in [0.1, 0.15) is 17.3 Å². The first kappa shape index (κ1) is 25.3. The normalized spacial score (nSPS) is 16.1. The van der Waals surface area contributed by atoms with Crippen LogP contribution in [0.4, 0.5) is 20.2 Å². The maximum atomic E-state index is 15.3. The molecule has 1 atom stereocenters. The first-order valence-electron chi connectivity index (χ1n) is 11.2. The topological polar surface area (TPSA) is 86.8 Å². The molecule has 1 aliphatic rings. The molecule has 1 unspecified atom stereocenters. The summed E-state index contributed by atoms with van der Waals surface area (Å²) in [5, 5.41) is 2.67. The van der Waals surface area contributed by atoms with Gasteiger partial charge in [0.25, 0.3) is 5.91 Å². The number of nitrogens with zero attached hydrogens (tertiary/aromatic N) is 2. The second-order valence-electron chi connectivity index (χ2n) is 8.59. The third-order valence-electron chi connectivity index (χ3n) is 5.94. The molecule has 36 heavy (non-hydrogen) atoms. The zero-order valence-electron chi connectivity index (χ0n) is 19.7. The van der Waals surface area contributed by atoms with Gasteiger partial charge in [-0.25, -0.2) is 17.2 Å². The molecule has 0 spiro atoms. The van der Waals surface area contributed by atoms with E-state index in [0.29, 0.717) is 23.4 Å². The van der Waals surface area contributed by atoms with Gasteiger partial charge >= 0.3 is 0 Å². The number of piperazine rings is 1. The van der Waals surface area contributed by atoms with Crippen molar-refractivity contribution in [1.82, 2.24) is 4.90 Å². The lowest BCUT2D eigenvalue weighted by Gasteiger charge is -2.39. The van der Waals surface area contributed by atoms with Crippen molar-refractivity contribution in [2.75, 3.05) is 36.1 Å². The Morgan fingerprint density at radius 3 is 2.22 bits per heavy atom. The lowest BCUT2D eigenvalue weighted by Crippen LogP contribution is -2.53. The molecule has 188 valence electrons. The van der Waals surface area contributed by atoms with Crippen molar-refractivity contribution in [3.8, 4) is 11.1 Å². The molecule has 1 aliphatic heterocycles. The molecule has 3 aromatic rings. The van der Waals surface area contributed by atoms with Crippen molar-refractivity contribution in [3.63, 3.8) is 0 Å². The molecule has 0 aromatic heterocycles. The monoisotopic (exact) mass is 513 g/mol. The summed E-state index contributed by atoms with van der Waals surface area (Å²) in [6, 6.07) is 16.5. The number of sulfone groups is 1. The molecular formula is C26H25F2N3O4S. The van der Waals surface area contributed by atoms with Crippen LogP contribution in [0.15, 0.2) is 71.6 Å². The summed E-state index contributed by atoms with van der Waals surface area (Å²) in [6.45, 7) is 1.75. The van der Waals surface area contributed by atoms with E-state index in [1.54, 1.807) is 29.2 Å². The van der Waals surface area contributed by atoms with Crippen LogP contribution >= 0.6 is 0 Å². The summed E-state index contributed by atoms with van der Waals surface area (Å²) in [6.07, 6.45) is -0.619. The number of halogens is 2. The molecule has 4 rings (SSSR count). The van der Waals surface area contributed by atoms with Crippen LogP contribution in [0, 0.1) is 5.82 Å². The zero-order chi connectivity index (χ0) is 26.0. The highest BCUT2D eigenvalue weighted by atomic mass is 32.2. The average Bonchev–Trinajstić information content (AvgIpc) is 2.83. The molecule has 1 saturated heterocycles. The summed E-state index contributed by atoms with van der Waals surface area (Å²) in [7, 11) is -3.62. The molecule has 1 heterocycles. The van der Waals surface area contributed by atoms with Crippen molar-refractivity contribution in [3.05, 3.63) is 78.1 Å². The molecule has 1 fully saturated rings. The maximum Gasteiger partial charge on any atom is 0.256 e. The van der Waals surface area contributed by atoms with Gasteiger partial charge in [0.1, 0.15) is 5.82 Å². The van der Waals surface area contributed by atoms with Crippen LogP contribution in [-0.4, -0.2) is 57.3 Å². The van der Waals surface area contributed by atoms with Gasteiger partial charge in [-0.3, -0.25) is 9.59 Å². The van der Waals surface area contributed by atoms with E-state index in [-0.39, 0.29) is 29.5 Å². The summed E-state index contributed by atoms with van der Waals surface area (Å²) in [4.78, 5) is 27.5. The molecule has 2 amide bonds. The van der Waals surface area contributed by atoms with Gasteiger partial charge in [0, 0.05) is 43.2 Å². The standard InChI is InChI=1S/C26H25F2N3O4S/c1-17(32)29-20-7-9-21(10-8-20)30-13-14-31(25(28)16-30)26(33)24-15-22(36(2,34)35)11-12-23(24)18-3-5-19(27)6-4-18/h3-12,15,25H,13-14,16H2,1-2H3,(H,29,32). The van der Waals surface area contributed by atoms with Crippen LogP contribution in [0.3, 0.4) is 0 Å². The molecule has 3 aromatic carbocycles. The second kappa shape index (κ2) is 10.1. The Labute approximate surface area is 208 Å². The summed E-state index contributed by atoms with van der Waals surface area (Å²) in [5.74, 6) is -1.30. The zero-order valence-corrected chi connectivity index (χ0v) is 20.6. The number of hydrogen-bond acceptors (Lipinski definition) is 5. The van der Waals surface area contributed by atoms with E-state index in [4.69, 9.17) is 0 Å². The predicted octanol–water partition coefficient (Wildman–Crippen LogP) is 4.11. The Kier molecular flexibility index (Phi) is 7.07. The van der Waals surface area contributed by atoms with Crippen LogP contribution in [-0.2, 0) is 14.6 Å². The predicted molar refractivity (Wildman–Crippen MR) is 134 cm³/mol. The molecule has 0 bridgehead atoms. The van der Waals surface area contributed by atoms with E-state index >= 15 is 4.39 Å². The van der Waals surface area contributed by atoms with Crippen molar-refractivity contribution < 1.29 is 26.8 Å². The van der Waals surface area contributed by atoms with Gasteiger partial charge in [0.15, 0.2) is 16.1 Å². The number of nitrogens with one attached hydrogen (secondary N) is 1. The van der Waals surface area contributed by atoms with Gasteiger partial charge in [-0.15, -0.1) is 0 Å². The van der Waals surface area contributed by atoms with Gasteiger partial charge in [0.2, 0.25) is 5.91 Å². The number of anilines is 2. The summed E-state index contributed by atoms with van der Waals surface area (Å²) >= 11 is 0. The molecular weight excluding hydrogens is 488 g/mol. The number of carbonyl (C=O) groups excluding carboxylic acids is 2. The minimum absolute atomic E-state index is 0.0280. The van der Waals surface area contributed by atoms with E-state index in [1.807, 2.05) is 0 Å². The van der Waals surface area contributed by atoms with Gasteiger partial charge in [-0.1, -0.05) is 18.2 Å². The van der Waals surface area contributed by atoms with E-state index in [1.165, 1.54) is 49.4 Å². The van der Waals surface area contributed by atoms with Crippen LogP contribution in [0.5, 0.6) is 0 Å². The molecule has 0 radical (unpaired) electrons. The van der Waals surface area contributed by atoms with Crippen molar-refractivity contribution in [1.29, 1.82) is 0 Å². The van der Waals surface area contributed by atoms with E-state index in [9.17, 15) is 22.4 Å². The van der Waals surface area contributed by atoms with Crippen molar-refractivity contribution in [2.24, 2.45) is 0 Å². The van der Waals surface area contributed by atoms with Gasteiger partial charge in [0.05, 0.1) is 11.4 Å². The lowest BCUT2D eigenvalue weighted by molar-refractivity contribution is -0.114. The first-order chi connectivity index (χ1) is 17.0.